The standard InChI is InChI=1S/C14H26N2O/c1-5-8-12(2)13(17)15-11-14(16(3)4)9-6-7-10-14/h8H,5-7,9-11H2,1-4H3,(H,15,17). The first-order valence-electron chi connectivity index (χ1n) is 6.64. The molecular weight excluding hydrogens is 212 g/mol. The lowest BCUT2D eigenvalue weighted by molar-refractivity contribution is -0.118. The van der Waals surface area contributed by atoms with E-state index in [4.69, 9.17) is 0 Å². The third kappa shape index (κ3) is 3.56. The lowest BCUT2D eigenvalue weighted by atomic mass is 9.96. The van der Waals surface area contributed by atoms with Gasteiger partial charge in [0.05, 0.1) is 0 Å². The Morgan fingerprint density at radius 3 is 2.41 bits per heavy atom. The van der Waals surface area contributed by atoms with Crippen molar-refractivity contribution in [2.45, 2.75) is 51.5 Å². The maximum absolute atomic E-state index is 11.9. The Morgan fingerprint density at radius 2 is 1.94 bits per heavy atom. The summed E-state index contributed by atoms with van der Waals surface area (Å²) in [6.07, 6.45) is 7.83. The van der Waals surface area contributed by atoms with Crippen LogP contribution < -0.4 is 5.32 Å². The van der Waals surface area contributed by atoms with E-state index in [9.17, 15) is 4.79 Å². The Hall–Kier alpha value is -0.830. The van der Waals surface area contributed by atoms with Crippen molar-refractivity contribution >= 4 is 5.91 Å². The van der Waals surface area contributed by atoms with Crippen molar-refractivity contribution in [3.05, 3.63) is 11.6 Å². The van der Waals surface area contributed by atoms with E-state index in [1.165, 1.54) is 25.7 Å². The molecule has 3 heteroatoms. The lowest BCUT2D eigenvalue weighted by Crippen LogP contribution is -2.50. The first kappa shape index (κ1) is 14.2. The Morgan fingerprint density at radius 1 is 1.35 bits per heavy atom. The summed E-state index contributed by atoms with van der Waals surface area (Å²) in [5.41, 5.74) is 1.02. The van der Waals surface area contributed by atoms with Crippen molar-refractivity contribution in [3.8, 4) is 0 Å². The molecule has 1 N–H and O–H groups in total. The average Bonchev–Trinajstić information content (AvgIpc) is 2.76. The predicted octanol–water partition coefficient (Wildman–Crippen LogP) is 2.33. The number of allylic oxidation sites excluding steroid dienone is 1. The van der Waals surface area contributed by atoms with Gasteiger partial charge in [0, 0.05) is 17.7 Å². The summed E-state index contributed by atoms with van der Waals surface area (Å²) in [6, 6.07) is 0. The molecule has 0 saturated heterocycles. The van der Waals surface area contributed by atoms with Gasteiger partial charge in [0.1, 0.15) is 0 Å². The van der Waals surface area contributed by atoms with E-state index in [1.54, 1.807) is 0 Å². The molecular formula is C14H26N2O. The van der Waals surface area contributed by atoms with Crippen molar-refractivity contribution in [2.24, 2.45) is 0 Å². The fraction of sp³-hybridized carbons (Fsp3) is 0.786. The molecule has 0 aromatic rings. The van der Waals surface area contributed by atoms with E-state index < -0.39 is 0 Å². The molecule has 0 heterocycles. The number of likely N-dealkylation sites (N-methyl/N-ethyl adjacent to an activating group) is 1. The van der Waals surface area contributed by atoms with Gasteiger partial charge in [-0.2, -0.15) is 0 Å². The summed E-state index contributed by atoms with van der Waals surface area (Å²) in [6.45, 7) is 4.71. The third-order valence-corrected chi connectivity index (χ3v) is 3.93. The fourth-order valence-electron chi connectivity index (χ4n) is 2.60. The molecule has 1 saturated carbocycles. The second-order valence-corrected chi connectivity index (χ2v) is 5.30. The maximum atomic E-state index is 11.9. The van der Waals surface area contributed by atoms with Crippen LogP contribution in [0.25, 0.3) is 0 Å². The van der Waals surface area contributed by atoms with Gasteiger partial charge < -0.3 is 10.2 Å². The van der Waals surface area contributed by atoms with Crippen molar-refractivity contribution in [2.75, 3.05) is 20.6 Å². The van der Waals surface area contributed by atoms with Crippen LogP contribution in [0.2, 0.25) is 0 Å². The largest absolute Gasteiger partial charge is 0.350 e. The van der Waals surface area contributed by atoms with Crippen molar-refractivity contribution in [3.63, 3.8) is 0 Å². The number of hydrogen-bond acceptors (Lipinski definition) is 2. The van der Waals surface area contributed by atoms with Crippen LogP contribution in [-0.4, -0.2) is 37.0 Å². The molecule has 0 radical (unpaired) electrons. The monoisotopic (exact) mass is 238 g/mol. The molecule has 0 unspecified atom stereocenters. The minimum Gasteiger partial charge on any atom is -0.350 e. The normalized spacial score (nSPS) is 19.7. The Labute approximate surface area is 105 Å². The smallest absolute Gasteiger partial charge is 0.246 e. The van der Waals surface area contributed by atoms with Crippen LogP contribution >= 0.6 is 0 Å². The molecule has 98 valence electrons. The molecule has 17 heavy (non-hydrogen) atoms. The zero-order valence-corrected chi connectivity index (χ0v) is 11.7. The number of rotatable bonds is 5. The second kappa shape index (κ2) is 6.20. The van der Waals surface area contributed by atoms with Crippen LogP contribution in [0.4, 0.5) is 0 Å². The Bertz CT molecular complexity index is 289. The molecule has 0 atom stereocenters. The van der Waals surface area contributed by atoms with E-state index in [0.717, 1.165) is 18.5 Å². The SMILES string of the molecule is CCC=C(C)C(=O)NCC1(N(C)C)CCCC1. The van der Waals surface area contributed by atoms with Crippen LogP contribution in [-0.2, 0) is 4.79 Å². The van der Waals surface area contributed by atoms with E-state index in [0.29, 0.717) is 0 Å². The number of amides is 1. The van der Waals surface area contributed by atoms with Gasteiger partial charge in [0.2, 0.25) is 5.91 Å². The lowest BCUT2D eigenvalue weighted by Gasteiger charge is -2.36. The van der Waals surface area contributed by atoms with Crippen LogP contribution in [0.1, 0.15) is 46.0 Å². The van der Waals surface area contributed by atoms with E-state index in [-0.39, 0.29) is 11.4 Å². The zero-order chi connectivity index (χ0) is 12.9. The van der Waals surface area contributed by atoms with Gasteiger partial charge >= 0.3 is 0 Å². The highest BCUT2D eigenvalue weighted by atomic mass is 16.1. The van der Waals surface area contributed by atoms with Crippen molar-refractivity contribution < 1.29 is 4.79 Å². The summed E-state index contributed by atoms with van der Waals surface area (Å²) in [5.74, 6) is 0.0833. The molecule has 1 aliphatic rings. The summed E-state index contributed by atoms with van der Waals surface area (Å²) in [4.78, 5) is 14.1. The molecule has 1 fully saturated rings. The predicted molar refractivity (Wildman–Crippen MR) is 71.9 cm³/mol. The summed E-state index contributed by atoms with van der Waals surface area (Å²) in [7, 11) is 4.23. The van der Waals surface area contributed by atoms with Gasteiger partial charge in [-0.3, -0.25) is 4.79 Å². The maximum Gasteiger partial charge on any atom is 0.246 e. The van der Waals surface area contributed by atoms with E-state index in [2.05, 4.69) is 31.2 Å². The summed E-state index contributed by atoms with van der Waals surface area (Å²) < 4.78 is 0. The fourth-order valence-corrected chi connectivity index (χ4v) is 2.60. The molecule has 1 amide bonds. The van der Waals surface area contributed by atoms with Crippen molar-refractivity contribution in [1.29, 1.82) is 0 Å². The van der Waals surface area contributed by atoms with Gasteiger partial charge in [-0.15, -0.1) is 0 Å². The second-order valence-electron chi connectivity index (χ2n) is 5.30. The zero-order valence-electron chi connectivity index (χ0n) is 11.7. The van der Waals surface area contributed by atoms with Gasteiger partial charge in [-0.1, -0.05) is 25.8 Å². The highest BCUT2D eigenvalue weighted by Crippen LogP contribution is 2.33. The first-order chi connectivity index (χ1) is 8.02. The molecule has 3 nitrogen and oxygen atoms in total. The van der Waals surface area contributed by atoms with Crippen molar-refractivity contribution in [1.82, 2.24) is 10.2 Å². The molecule has 0 aliphatic heterocycles. The number of hydrogen-bond donors (Lipinski definition) is 1. The van der Waals surface area contributed by atoms with E-state index in [1.807, 2.05) is 13.0 Å². The van der Waals surface area contributed by atoms with E-state index >= 15 is 0 Å². The Kier molecular flexibility index (Phi) is 5.19. The first-order valence-corrected chi connectivity index (χ1v) is 6.64. The van der Waals surface area contributed by atoms with Crippen LogP contribution in [0, 0.1) is 0 Å². The highest BCUT2D eigenvalue weighted by Gasteiger charge is 2.36. The molecule has 1 rings (SSSR count). The topological polar surface area (TPSA) is 32.3 Å². The summed E-state index contributed by atoms with van der Waals surface area (Å²) >= 11 is 0. The molecule has 0 bridgehead atoms. The van der Waals surface area contributed by atoms with Gasteiger partial charge in [-0.25, -0.2) is 0 Å². The number of nitrogens with one attached hydrogen (secondary N) is 1. The average molecular weight is 238 g/mol. The summed E-state index contributed by atoms with van der Waals surface area (Å²) in [5, 5.41) is 3.08. The Balaban J connectivity index is 2.53. The number of carbonyl (C=O) groups excluding carboxylic acids is 1. The molecule has 0 spiro atoms. The molecule has 0 aromatic heterocycles. The van der Waals surface area contributed by atoms with Crippen LogP contribution in [0.5, 0.6) is 0 Å². The minimum absolute atomic E-state index is 0.0833. The minimum atomic E-state index is 0.0833. The quantitative estimate of drug-likeness (QED) is 0.746. The third-order valence-electron chi connectivity index (χ3n) is 3.93. The molecule has 0 aromatic carbocycles. The van der Waals surface area contributed by atoms with Gasteiger partial charge in [0.15, 0.2) is 0 Å². The number of carbonyl (C=O) groups is 1. The molecule has 1 aliphatic carbocycles. The van der Waals surface area contributed by atoms with Gasteiger partial charge in [0.25, 0.3) is 0 Å². The highest BCUT2D eigenvalue weighted by molar-refractivity contribution is 5.92. The number of nitrogens with zero attached hydrogens (tertiary/aromatic N) is 1. The van der Waals surface area contributed by atoms with Gasteiger partial charge in [-0.05, 0) is 40.3 Å². The van der Waals surface area contributed by atoms with Crippen LogP contribution in [0.3, 0.4) is 0 Å². The van der Waals surface area contributed by atoms with Crippen LogP contribution in [0.15, 0.2) is 11.6 Å².